The third kappa shape index (κ3) is 3.58. The van der Waals surface area contributed by atoms with Gasteiger partial charge in [-0.3, -0.25) is 10.1 Å². The van der Waals surface area contributed by atoms with Crippen molar-refractivity contribution < 1.29 is 27.6 Å². The minimum atomic E-state index is -4.93. The van der Waals surface area contributed by atoms with E-state index in [9.17, 15) is 28.1 Å². The smallest absolute Gasteiger partial charge is 0.418 e. The molecule has 0 atom stereocenters. The van der Waals surface area contributed by atoms with Crippen molar-refractivity contribution in [2.24, 2.45) is 0 Å². The molecule has 0 aliphatic rings. The zero-order chi connectivity index (χ0) is 19.6. The van der Waals surface area contributed by atoms with Crippen molar-refractivity contribution in [1.82, 2.24) is 20.1 Å². The molecule has 1 amide bonds. The summed E-state index contributed by atoms with van der Waals surface area (Å²) in [4.78, 5) is 24.9. The third-order valence-electron chi connectivity index (χ3n) is 3.51. The predicted molar refractivity (Wildman–Crippen MR) is 82.2 cm³/mol. The molecule has 2 aromatic heterocycles. The molecule has 0 saturated carbocycles. The first-order valence-corrected chi connectivity index (χ1v) is 7.30. The first-order chi connectivity index (χ1) is 12.1. The maximum Gasteiger partial charge on any atom is 0.421 e. The van der Waals surface area contributed by atoms with Crippen molar-refractivity contribution in [3.05, 3.63) is 39.2 Å². The standard InChI is InChI=1S/C14H14F3N5O4/c1-4-9-7(2)21(13(23)18-3)20-11(9)26-12-10(14(15,16)17)5-8(6-19-12)22(24)25/h5-6H,4H2,1-3H3,(H,18,23). The number of pyridine rings is 1. The van der Waals surface area contributed by atoms with E-state index < -0.39 is 34.3 Å². The van der Waals surface area contributed by atoms with Crippen LogP contribution in [0.1, 0.15) is 23.7 Å². The predicted octanol–water partition coefficient (Wildman–Crippen LogP) is 3.06. The number of alkyl halides is 3. The molecule has 0 saturated heterocycles. The summed E-state index contributed by atoms with van der Waals surface area (Å²) in [7, 11) is 1.37. The average molecular weight is 373 g/mol. The van der Waals surface area contributed by atoms with E-state index in [0.717, 1.165) is 4.68 Å². The Morgan fingerprint density at radius 1 is 1.42 bits per heavy atom. The molecular formula is C14H14F3N5O4. The maximum atomic E-state index is 13.2. The van der Waals surface area contributed by atoms with E-state index in [4.69, 9.17) is 4.74 Å². The van der Waals surface area contributed by atoms with Gasteiger partial charge in [-0.2, -0.15) is 17.9 Å². The van der Waals surface area contributed by atoms with E-state index in [2.05, 4.69) is 15.4 Å². The second kappa shape index (κ2) is 6.98. The first-order valence-electron chi connectivity index (χ1n) is 7.30. The number of nitro groups is 1. The van der Waals surface area contributed by atoms with Gasteiger partial charge in [0.15, 0.2) is 0 Å². The molecule has 140 valence electrons. The summed E-state index contributed by atoms with van der Waals surface area (Å²) in [5.41, 5.74) is -1.45. The molecule has 1 N–H and O–H groups in total. The molecule has 0 aliphatic carbocycles. The SMILES string of the molecule is CCc1c(Oc2ncc([N+](=O)[O-])cc2C(F)(F)F)nn(C(=O)NC)c1C. The quantitative estimate of drug-likeness (QED) is 0.651. The number of nitrogens with one attached hydrogen (secondary N) is 1. The number of amides is 1. The summed E-state index contributed by atoms with van der Waals surface area (Å²) in [6.07, 6.45) is -3.95. The summed E-state index contributed by atoms with van der Waals surface area (Å²) in [6.45, 7) is 3.26. The maximum absolute atomic E-state index is 13.2. The van der Waals surface area contributed by atoms with Gasteiger partial charge in [-0.1, -0.05) is 6.92 Å². The highest BCUT2D eigenvalue weighted by Crippen LogP contribution is 2.39. The Morgan fingerprint density at radius 3 is 2.58 bits per heavy atom. The molecule has 12 heteroatoms. The lowest BCUT2D eigenvalue weighted by molar-refractivity contribution is -0.385. The summed E-state index contributed by atoms with van der Waals surface area (Å²) >= 11 is 0. The van der Waals surface area contributed by atoms with Crippen LogP contribution in [0.5, 0.6) is 11.8 Å². The Kier molecular flexibility index (Phi) is 5.14. The van der Waals surface area contributed by atoms with E-state index >= 15 is 0 Å². The molecule has 0 radical (unpaired) electrons. The minimum Gasteiger partial charge on any atom is -0.418 e. The van der Waals surface area contributed by atoms with Crippen LogP contribution in [0, 0.1) is 17.0 Å². The zero-order valence-corrected chi connectivity index (χ0v) is 13.9. The average Bonchev–Trinajstić information content (AvgIpc) is 2.88. The van der Waals surface area contributed by atoms with Crippen LogP contribution >= 0.6 is 0 Å². The topological polar surface area (TPSA) is 112 Å². The van der Waals surface area contributed by atoms with Gasteiger partial charge in [-0.15, -0.1) is 5.10 Å². The zero-order valence-electron chi connectivity index (χ0n) is 13.9. The number of ether oxygens (including phenoxy) is 1. The minimum absolute atomic E-state index is 0.236. The molecule has 0 aromatic carbocycles. The number of nitrogens with zero attached hydrogens (tertiary/aromatic N) is 4. The van der Waals surface area contributed by atoms with Gasteiger partial charge in [-0.05, 0) is 13.3 Å². The van der Waals surface area contributed by atoms with Crippen molar-refractivity contribution in [3.63, 3.8) is 0 Å². The second-order valence-corrected chi connectivity index (χ2v) is 5.09. The van der Waals surface area contributed by atoms with Gasteiger partial charge in [0, 0.05) is 18.7 Å². The van der Waals surface area contributed by atoms with Crippen LogP contribution in [0.4, 0.5) is 23.7 Å². The molecule has 0 bridgehead atoms. The van der Waals surface area contributed by atoms with Crippen LogP contribution < -0.4 is 10.1 Å². The van der Waals surface area contributed by atoms with Gasteiger partial charge in [0.25, 0.3) is 5.69 Å². The van der Waals surface area contributed by atoms with Crippen LogP contribution in [-0.2, 0) is 12.6 Å². The number of hydrogen-bond acceptors (Lipinski definition) is 6. The Bertz CT molecular complexity index is 863. The summed E-state index contributed by atoms with van der Waals surface area (Å²) in [5, 5.41) is 16.9. The van der Waals surface area contributed by atoms with Crippen LogP contribution in [0.15, 0.2) is 12.3 Å². The van der Waals surface area contributed by atoms with Crippen molar-refractivity contribution in [2.75, 3.05) is 7.05 Å². The van der Waals surface area contributed by atoms with Gasteiger partial charge in [0.1, 0.15) is 11.8 Å². The number of carbonyl (C=O) groups excluding carboxylic acids is 1. The van der Waals surface area contributed by atoms with Crippen LogP contribution in [0.2, 0.25) is 0 Å². The van der Waals surface area contributed by atoms with Gasteiger partial charge in [0.2, 0.25) is 11.8 Å². The van der Waals surface area contributed by atoms with Crippen LogP contribution in [0.25, 0.3) is 0 Å². The Hall–Kier alpha value is -3.18. The second-order valence-electron chi connectivity index (χ2n) is 5.09. The molecule has 9 nitrogen and oxygen atoms in total. The molecular weight excluding hydrogens is 359 g/mol. The number of rotatable bonds is 4. The van der Waals surface area contributed by atoms with Crippen molar-refractivity contribution in [3.8, 4) is 11.8 Å². The number of carbonyl (C=O) groups is 1. The lowest BCUT2D eigenvalue weighted by Gasteiger charge is -2.11. The lowest BCUT2D eigenvalue weighted by Crippen LogP contribution is -2.26. The molecule has 2 rings (SSSR count). The Labute approximate surface area is 144 Å². The number of hydrogen-bond donors (Lipinski definition) is 1. The van der Waals surface area contributed by atoms with E-state index in [1.54, 1.807) is 13.8 Å². The lowest BCUT2D eigenvalue weighted by atomic mass is 10.2. The summed E-state index contributed by atoms with van der Waals surface area (Å²) in [6, 6.07) is -0.268. The van der Waals surface area contributed by atoms with Crippen molar-refractivity contribution >= 4 is 11.7 Å². The molecule has 26 heavy (non-hydrogen) atoms. The molecule has 2 heterocycles. The molecule has 0 unspecified atom stereocenters. The highest BCUT2D eigenvalue weighted by Gasteiger charge is 2.38. The molecule has 0 spiro atoms. The monoisotopic (exact) mass is 373 g/mol. The highest BCUT2D eigenvalue weighted by molar-refractivity contribution is 5.76. The van der Waals surface area contributed by atoms with E-state index in [-0.39, 0.29) is 5.88 Å². The molecule has 0 aliphatic heterocycles. The van der Waals surface area contributed by atoms with Gasteiger partial charge < -0.3 is 10.1 Å². The van der Waals surface area contributed by atoms with Crippen LogP contribution in [-0.4, -0.2) is 32.8 Å². The number of halogens is 3. The van der Waals surface area contributed by atoms with E-state index in [0.29, 0.717) is 29.9 Å². The summed E-state index contributed by atoms with van der Waals surface area (Å²) < 4.78 is 45.8. The van der Waals surface area contributed by atoms with Gasteiger partial charge in [-0.25, -0.2) is 9.78 Å². The molecule has 2 aromatic rings. The normalized spacial score (nSPS) is 11.3. The van der Waals surface area contributed by atoms with Crippen molar-refractivity contribution in [1.29, 1.82) is 0 Å². The van der Waals surface area contributed by atoms with E-state index in [1.807, 2.05) is 0 Å². The fourth-order valence-electron chi connectivity index (χ4n) is 2.22. The number of aromatic nitrogens is 3. The van der Waals surface area contributed by atoms with Gasteiger partial charge in [0.05, 0.1) is 10.6 Å². The fourth-order valence-corrected chi connectivity index (χ4v) is 2.22. The molecule has 0 fully saturated rings. The Balaban J connectivity index is 2.55. The largest absolute Gasteiger partial charge is 0.421 e. The fraction of sp³-hybridized carbons (Fsp3) is 0.357. The third-order valence-corrected chi connectivity index (χ3v) is 3.51. The first kappa shape index (κ1) is 19.1. The van der Waals surface area contributed by atoms with Crippen molar-refractivity contribution in [2.45, 2.75) is 26.4 Å². The highest BCUT2D eigenvalue weighted by atomic mass is 19.4. The Morgan fingerprint density at radius 2 is 2.08 bits per heavy atom. The van der Waals surface area contributed by atoms with Gasteiger partial charge >= 0.3 is 12.2 Å². The van der Waals surface area contributed by atoms with E-state index in [1.165, 1.54) is 7.05 Å². The van der Waals surface area contributed by atoms with Crippen LogP contribution in [0.3, 0.4) is 0 Å². The summed E-state index contributed by atoms with van der Waals surface area (Å²) in [5.74, 6) is -1.13.